The van der Waals surface area contributed by atoms with Crippen LogP contribution in [0.4, 0.5) is 0 Å². The highest BCUT2D eigenvalue weighted by atomic mass is 16.1. The van der Waals surface area contributed by atoms with Crippen molar-refractivity contribution in [3.05, 3.63) is 30.1 Å². The molecule has 2 rings (SSSR count). The quantitative estimate of drug-likeness (QED) is 0.801. The van der Waals surface area contributed by atoms with Gasteiger partial charge in [-0.1, -0.05) is 6.07 Å². The summed E-state index contributed by atoms with van der Waals surface area (Å²) in [6, 6.07) is 4.16. The van der Waals surface area contributed by atoms with Crippen LogP contribution in [0.15, 0.2) is 24.5 Å². The van der Waals surface area contributed by atoms with E-state index in [4.69, 9.17) is 11.5 Å². The van der Waals surface area contributed by atoms with E-state index in [0.717, 1.165) is 31.5 Å². The number of carbonyl (C=O) groups excluding carboxylic acids is 1. The zero-order valence-corrected chi connectivity index (χ0v) is 10.5. The van der Waals surface area contributed by atoms with Gasteiger partial charge in [-0.2, -0.15) is 0 Å². The van der Waals surface area contributed by atoms with Crippen molar-refractivity contribution in [2.75, 3.05) is 19.6 Å². The molecule has 4 N–H and O–H groups in total. The third-order valence-corrected chi connectivity index (χ3v) is 3.67. The van der Waals surface area contributed by atoms with Crippen LogP contribution in [0, 0.1) is 5.92 Å². The second-order valence-electron chi connectivity index (χ2n) is 4.75. The van der Waals surface area contributed by atoms with Crippen molar-refractivity contribution in [1.29, 1.82) is 0 Å². The van der Waals surface area contributed by atoms with Crippen LogP contribution in [0.5, 0.6) is 0 Å². The first kappa shape index (κ1) is 13.0. The molecule has 1 aliphatic rings. The van der Waals surface area contributed by atoms with Gasteiger partial charge in [0.25, 0.3) is 0 Å². The summed E-state index contributed by atoms with van der Waals surface area (Å²) in [5.41, 5.74) is 12.3. The van der Waals surface area contributed by atoms with Gasteiger partial charge in [-0.3, -0.25) is 14.7 Å². The predicted molar refractivity (Wildman–Crippen MR) is 69.5 cm³/mol. The highest BCUT2D eigenvalue weighted by Gasteiger charge is 2.27. The number of hydrogen-bond acceptors (Lipinski definition) is 4. The molecule has 5 heteroatoms. The van der Waals surface area contributed by atoms with Gasteiger partial charge >= 0.3 is 0 Å². The lowest BCUT2D eigenvalue weighted by atomic mass is 9.94. The zero-order valence-electron chi connectivity index (χ0n) is 10.5. The van der Waals surface area contributed by atoms with Crippen LogP contribution in [-0.4, -0.2) is 35.4 Å². The molecule has 0 saturated carbocycles. The van der Waals surface area contributed by atoms with Gasteiger partial charge in [0.05, 0.1) is 0 Å². The maximum absolute atomic E-state index is 11.1. The molecule has 18 heavy (non-hydrogen) atoms. The topological polar surface area (TPSA) is 85.2 Å². The summed E-state index contributed by atoms with van der Waals surface area (Å²) in [5.74, 6) is -0.158. The predicted octanol–water partition coefficient (Wildman–Crippen LogP) is 0.279. The maximum Gasteiger partial charge on any atom is 0.220 e. The van der Waals surface area contributed by atoms with E-state index >= 15 is 0 Å². The fourth-order valence-electron chi connectivity index (χ4n) is 2.56. The van der Waals surface area contributed by atoms with Crippen LogP contribution in [0.1, 0.15) is 24.4 Å². The number of nitrogens with zero attached hydrogens (tertiary/aromatic N) is 2. The van der Waals surface area contributed by atoms with Gasteiger partial charge < -0.3 is 11.5 Å². The van der Waals surface area contributed by atoms with E-state index in [9.17, 15) is 4.79 Å². The Kier molecular flexibility index (Phi) is 4.28. The lowest BCUT2D eigenvalue weighted by molar-refractivity contribution is -0.123. The molecule has 1 unspecified atom stereocenters. The molecule has 1 saturated heterocycles. The summed E-state index contributed by atoms with van der Waals surface area (Å²) >= 11 is 0. The Bertz CT molecular complexity index is 387. The second-order valence-corrected chi connectivity index (χ2v) is 4.75. The Labute approximate surface area is 107 Å². The minimum absolute atomic E-state index is 0.0218. The molecule has 1 aromatic rings. The summed E-state index contributed by atoms with van der Waals surface area (Å²) < 4.78 is 0. The molecule has 0 aromatic carbocycles. The van der Waals surface area contributed by atoms with Gasteiger partial charge in [-0.05, 0) is 37.6 Å². The highest BCUT2D eigenvalue weighted by molar-refractivity contribution is 5.76. The third kappa shape index (κ3) is 2.86. The van der Waals surface area contributed by atoms with Gasteiger partial charge in [0.15, 0.2) is 0 Å². The van der Waals surface area contributed by atoms with Crippen molar-refractivity contribution in [3.63, 3.8) is 0 Å². The molecule has 0 aliphatic carbocycles. The van der Waals surface area contributed by atoms with Crippen LogP contribution in [0.3, 0.4) is 0 Å². The molecular weight excluding hydrogens is 228 g/mol. The van der Waals surface area contributed by atoms with Crippen molar-refractivity contribution in [2.24, 2.45) is 17.4 Å². The zero-order chi connectivity index (χ0) is 13.0. The monoisotopic (exact) mass is 248 g/mol. The number of piperidine rings is 1. The van der Waals surface area contributed by atoms with Gasteiger partial charge in [-0.15, -0.1) is 0 Å². The van der Waals surface area contributed by atoms with Crippen LogP contribution in [0.25, 0.3) is 0 Å². The molecule has 1 amide bonds. The van der Waals surface area contributed by atoms with E-state index in [2.05, 4.69) is 9.88 Å². The Balaban J connectivity index is 2.01. The summed E-state index contributed by atoms with van der Waals surface area (Å²) in [7, 11) is 0. The van der Waals surface area contributed by atoms with Gasteiger partial charge in [0, 0.05) is 30.9 Å². The number of aromatic nitrogens is 1. The van der Waals surface area contributed by atoms with E-state index in [1.54, 1.807) is 6.20 Å². The summed E-state index contributed by atoms with van der Waals surface area (Å²) in [6.45, 7) is 2.29. The van der Waals surface area contributed by atoms with Crippen LogP contribution >= 0.6 is 0 Å². The van der Waals surface area contributed by atoms with E-state index in [0.29, 0.717) is 6.54 Å². The fourth-order valence-corrected chi connectivity index (χ4v) is 2.56. The number of likely N-dealkylation sites (tertiary alicyclic amines) is 1. The smallest absolute Gasteiger partial charge is 0.220 e. The van der Waals surface area contributed by atoms with Gasteiger partial charge in [-0.25, -0.2) is 0 Å². The van der Waals surface area contributed by atoms with E-state index in [1.807, 2.05) is 18.3 Å². The Morgan fingerprint density at radius 2 is 2.22 bits per heavy atom. The van der Waals surface area contributed by atoms with Crippen molar-refractivity contribution in [2.45, 2.75) is 18.9 Å². The molecule has 1 fully saturated rings. The Hall–Kier alpha value is -1.46. The van der Waals surface area contributed by atoms with Crippen LogP contribution in [-0.2, 0) is 4.79 Å². The van der Waals surface area contributed by atoms with E-state index in [-0.39, 0.29) is 17.9 Å². The number of pyridine rings is 1. The maximum atomic E-state index is 11.1. The summed E-state index contributed by atoms with van der Waals surface area (Å²) in [4.78, 5) is 17.6. The molecule has 5 nitrogen and oxygen atoms in total. The summed E-state index contributed by atoms with van der Waals surface area (Å²) in [6.07, 6.45) is 5.27. The average molecular weight is 248 g/mol. The van der Waals surface area contributed by atoms with Crippen molar-refractivity contribution in [3.8, 4) is 0 Å². The SMILES string of the molecule is NCC(c1cccnc1)N1CCC(C(N)=O)CC1. The second kappa shape index (κ2) is 5.93. The first-order valence-corrected chi connectivity index (χ1v) is 6.35. The van der Waals surface area contributed by atoms with Crippen LogP contribution in [0.2, 0.25) is 0 Å². The Morgan fingerprint density at radius 3 is 2.72 bits per heavy atom. The first-order chi connectivity index (χ1) is 8.72. The number of rotatable bonds is 4. The largest absolute Gasteiger partial charge is 0.369 e. The van der Waals surface area contributed by atoms with Crippen molar-refractivity contribution < 1.29 is 4.79 Å². The molecular formula is C13H20N4O. The van der Waals surface area contributed by atoms with Gasteiger partial charge in [0.1, 0.15) is 0 Å². The minimum atomic E-state index is -0.180. The normalized spacial score (nSPS) is 19.6. The molecule has 98 valence electrons. The molecule has 1 atom stereocenters. The average Bonchev–Trinajstić information content (AvgIpc) is 2.41. The standard InChI is InChI=1S/C13H20N4O/c14-8-12(11-2-1-5-16-9-11)17-6-3-10(4-7-17)13(15)18/h1-2,5,9-10,12H,3-4,6-8,14H2,(H2,15,18). The van der Waals surface area contributed by atoms with E-state index in [1.165, 1.54) is 0 Å². The molecule has 0 bridgehead atoms. The first-order valence-electron chi connectivity index (χ1n) is 6.35. The molecule has 0 spiro atoms. The number of nitrogens with two attached hydrogens (primary N) is 2. The lowest BCUT2D eigenvalue weighted by Crippen LogP contribution is -2.42. The number of hydrogen-bond donors (Lipinski definition) is 2. The van der Waals surface area contributed by atoms with Crippen molar-refractivity contribution >= 4 is 5.91 Å². The van der Waals surface area contributed by atoms with E-state index < -0.39 is 0 Å². The van der Waals surface area contributed by atoms with Crippen molar-refractivity contribution in [1.82, 2.24) is 9.88 Å². The molecule has 1 aliphatic heterocycles. The lowest BCUT2D eigenvalue weighted by Gasteiger charge is -2.36. The van der Waals surface area contributed by atoms with Gasteiger partial charge in [0.2, 0.25) is 5.91 Å². The number of carbonyl (C=O) groups is 1. The third-order valence-electron chi connectivity index (χ3n) is 3.67. The molecule has 1 aromatic heterocycles. The minimum Gasteiger partial charge on any atom is -0.369 e. The fraction of sp³-hybridized carbons (Fsp3) is 0.538. The summed E-state index contributed by atoms with van der Waals surface area (Å²) in [5, 5.41) is 0. The molecule has 0 radical (unpaired) electrons. The number of primary amides is 1. The molecule has 2 heterocycles. The van der Waals surface area contributed by atoms with Crippen LogP contribution < -0.4 is 11.5 Å². The highest BCUT2D eigenvalue weighted by Crippen LogP contribution is 2.25. The number of amides is 1. The Morgan fingerprint density at radius 1 is 1.50 bits per heavy atom.